The molecule has 3 aromatic rings. The van der Waals surface area contributed by atoms with Crippen molar-refractivity contribution in [1.82, 2.24) is 10.7 Å². The van der Waals surface area contributed by atoms with Crippen molar-refractivity contribution < 1.29 is 14.3 Å². The first-order chi connectivity index (χ1) is 15.0. The van der Waals surface area contributed by atoms with Gasteiger partial charge in [-0.3, -0.25) is 9.59 Å². The van der Waals surface area contributed by atoms with Crippen LogP contribution < -0.4 is 15.5 Å². The highest BCUT2D eigenvalue weighted by Crippen LogP contribution is 2.14. The average molecular weight is 434 g/mol. The van der Waals surface area contributed by atoms with Gasteiger partial charge in [-0.05, 0) is 53.6 Å². The molecular weight excluding hydrogens is 414 g/mol. The molecule has 2 N–H and O–H groups in total. The van der Waals surface area contributed by atoms with Gasteiger partial charge in [-0.2, -0.15) is 5.10 Å². The Morgan fingerprint density at radius 1 is 0.935 bits per heavy atom. The van der Waals surface area contributed by atoms with Crippen LogP contribution in [0.5, 0.6) is 5.75 Å². The Hall–Kier alpha value is -3.90. The Bertz CT molecular complexity index is 1110. The minimum atomic E-state index is -0.571. The number of nitrogens with zero attached hydrogens (tertiary/aromatic N) is 1. The molecule has 3 aromatic carbocycles. The van der Waals surface area contributed by atoms with E-state index in [0.29, 0.717) is 21.9 Å². The number of rotatable bonds is 7. The maximum Gasteiger partial charge on any atom is 0.287 e. The highest BCUT2D eigenvalue weighted by Gasteiger charge is 2.14. The third-order valence-electron chi connectivity index (χ3n) is 4.18. The van der Waals surface area contributed by atoms with E-state index in [1.165, 1.54) is 6.21 Å². The molecule has 0 aromatic heterocycles. The quantitative estimate of drug-likeness (QED) is 0.332. The predicted octanol–water partition coefficient (Wildman–Crippen LogP) is 4.27. The molecule has 7 heteroatoms. The van der Waals surface area contributed by atoms with Gasteiger partial charge in [0.25, 0.3) is 11.8 Å². The molecular formula is C24H20ClN3O3. The molecule has 0 bridgehead atoms. The monoisotopic (exact) mass is 433 g/mol. The summed E-state index contributed by atoms with van der Waals surface area (Å²) in [5.74, 6) is -0.296. The van der Waals surface area contributed by atoms with Crippen molar-refractivity contribution >= 4 is 35.7 Å². The minimum absolute atomic E-state index is 0.0438. The van der Waals surface area contributed by atoms with Gasteiger partial charge < -0.3 is 10.1 Å². The zero-order valence-electron chi connectivity index (χ0n) is 16.7. The van der Waals surface area contributed by atoms with E-state index in [4.69, 9.17) is 16.3 Å². The number of amides is 2. The normalized spacial score (nSPS) is 11.2. The van der Waals surface area contributed by atoms with Gasteiger partial charge in [-0.25, -0.2) is 5.43 Å². The number of hydrogen-bond donors (Lipinski definition) is 2. The zero-order valence-corrected chi connectivity index (χ0v) is 17.5. The van der Waals surface area contributed by atoms with E-state index < -0.39 is 11.8 Å². The van der Waals surface area contributed by atoms with Gasteiger partial charge in [-0.15, -0.1) is 0 Å². The van der Waals surface area contributed by atoms with Crippen molar-refractivity contribution in [3.63, 3.8) is 0 Å². The summed E-state index contributed by atoms with van der Waals surface area (Å²) in [7, 11) is 1.57. The number of hydrazone groups is 1. The molecule has 0 radical (unpaired) electrons. The summed E-state index contributed by atoms with van der Waals surface area (Å²) < 4.78 is 5.15. The van der Waals surface area contributed by atoms with Crippen LogP contribution in [0.2, 0.25) is 5.02 Å². The Morgan fingerprint density at radius 2 is 1.68 bits per heavy atom. The molecule has 0 atom stereocenters. The molecule has 6 nitrogen and oxygen atoms in total. The van der Waals surface area contributed by atoms with Gasteiger partial charge in [0.15, 0.2) is 0 Å². The standard InChI is InChI=1S/C24H20ClN3O3/c1-31-21-12-10-17(11-13-21)15-22(27-23(29)19-7-3-2-4-8-19)24(30)28-26-16-18-6-5-9-20(25)14-18/h2-16H,1H3,(H,27,29)(H,28,30)/b22-15+,26-16+. The second-order valence-electron chi connectivity index (χ2n) is 6.41. The van der Waals surface area contributed by atoms with Crippen molar-refractivity contribution in [2.24, 2.45) is 5.10 Å². The van der Waals surface area contributed by atoms with E-state index in [2.05, 4.69) is 15.8 Å². The smallest absolute Gasteiger partial charge is 0.287 e. The summed E-state index contributed by atoms with van der Waals surface area (Å²) in [6.07, 6.45) is 3.03. The molecule has 2 amide bonds. The van der Waals surface area contributed by atoms with Crippen LogP contribution in [0.25, 0.3) is 6.08 Å². The zero-order chi connectivity index (χ0) is 22.1. The molecule has 0 aliphatic rings. The maximum atomic E-state index is 12.7. The fourth-order valence-electron chi connectivity index (χ4n) is 2.62. The SMILES string of the molecule is COc1ccc(/C=C(/NC(=O)c2ccccc2)C(=O)N/N=C/c2cccc(Cl)c2)cc1. The highest BCUT2D eigenvalue weighted by atomic mass is 35.5. The number of carbonyl (C=O) groups excluding carboxylic acids is 2. The number of nitrogens with one attached hydrogen (secondary N) is 2. The molecule has 0 aliphatic heterocycles. The molecule has 31 heavy (non-hydrogen) atoms. The van der Waals surface area contributed by atoms with Crippen molar-refractivity contribution in [2.45, 2.75) is 0 Å². The lowest BCUT2D eigenvalue weighted by atomic mass is 10.1. The summed E-state index contributed by atoms with van der Waals surface area (Å²) >= 11 is 5.95. The Kier molecular flexibility index (Phi) is 7.56. The van der Waals surface area contributed by atoms with E-state index >= 15 is 0 Å². The number of methoxy groups -OCH3 is 1. The van der Waals surface area contributed by atoms with Gasteiger partial charge in [0.05, 0.1) is 13.3 Å². The molecule has 0 spiro atoms. The number of carbonyl (C=O) groups is 2. The average Bonchev–Trinajstić information content (AvgIpc) is 2.79. The lowest BCUT2D eigenvalue weighted by Gasteiger charge is -2.09. The number of hydrogen-bond acceptors (Lipinski definition) is 4. The fourth-order valence-corrected chi connectivity index (χ4v) is 2.82. The fraction of sp³-hybridized carbons (Fsp3) is 0.0417. The Labute approximate surface area is 185 Å². The van der Waals surface area contributed by atoms with Gasteiger partial charge in [0, 0.05) is 10.6 Å². The predicted molar refractivity (Wildman–Crippen MR) is 122 cm³/mol. The lowest BCUT2D eigenvalue weighted by Crippen LogP contribution is -2.32. The minimum Gasteiger partial charge on any atom is -0.497 e. The largest absolute Gasteiger partial charge is 0.497 e. The van der Waals surface area contributed by atoms with Crippen molar-refractivity contribution in [3.8, 4) is 5.75 Å². The van der Waals surface area contributed by atoms with Gasteiger partial charge in [-0.1, -0.05) is 54.1 Å². The van der Waals surface area contributed by atoms with Crippen LogP contribution in [-0.2, 0) is 4.79 Å². The Balaban J connectivity index is 1.80. The summed E-state index contributed by atoms with van der Waals surface area (Å²) in [6.45, 7) is 0. The van der Waals surface area contributed by atoms with E-state index in [9.17, 15) is 9.59 Å². The first-order valence-corrected chi connectivity index (χ1v) is 9.74. The molecule has 156 valence electrons. The van der Waals surface area contributed by atoms with Gasteiger partial charge in [0.2, 0.25) is 0 Å². The second kappa shape index (κ2) is 10.8. The van der Waals surface area contributed by atoms with Crippen LogP contribution in [0.3, 0.4) is 0 Å². The molecule has 0 heterocycles. The van der Waals surface area contributed by atoms with Gasteiger partial charge in [0.1, 0.15) is 11.4 Å². The second-order valence-corrected chi connectivity index (χ2v) is 6.84. The summed E-state index contributed by atoms with van der Waals surface area (Å²) in [4.78, 5) is 25.3. The Morgan fingerprint density at radius 3 is 2.35 bits per heavy atom. The first-order valence-electron chi connectivity index (χ1n) is 9.36. The molecule has 0 saturated carbocycles. The van der Waals surface area contributed by atoms with Crippen molar-refractivity contribution in [1.29, 1.82) is 0 Å². The van der Waals surface area contributed by atoms with Crippen LogP contribution in [-0.4, -0.2) is 25.1 Å². The van der Waals surface area contributed by atoms with E-state index in [0.717, 1.165) is 5.56 Å². The topological polar surface area (TPSA) is 79.8 Å². The summed E-state index contributed by atoms with van der Waals surface area (Å²) in [6, 6.07) is 22.7. The van der Waals surface area contributed by atoms with Gasteiger partial charge >= 0.3 is 0 Å². The van der Waals surface area contributed by atoms with Crippen LogP contribution in [0.15, 0.2) is 89.7 Å². The van der Waals surface area contributed by atoms with Crippen LogP contribution >= 0.6 is 11.6 Å². The maximum absolute atomic E-state index is 12.7. The third-order valence-corrected chi connectivity index (χ3v) is 4.42. The van der Waals surface area contributed by atoms with Crippen LogP contribution in [0, 0.1) is 0 Å². The van der Waals surface area contributed by atoms with Crippen molar-refractivity contribution in [3.05, 3.63) is 106 Å². The molecule has 0 aliphatic carbocycles. The van der Waals surface area contributed by atoms with Crippen LogP contribution in [0.1, 0.15) is 21.5 Å². The summed E-state index contributed by atoms with van der Waals surface area (Å²) in [5.41, 5.74) is 4.33. The number of ether oxygens (including phenoxy) is 1. The lowest BCUT2D eigenvalue weighted by molar-refractivity contribution is -0.117. The van der Waals surface area contributed by atoms with E-state index in [1.54, 1.807) is 86.0 Å². The number of benzene rings is 3. The van der Waals surface area contributed by atoms with Crippen LogP contribution in [0.4, 0.5) is 0 Å². The highest BCUT2D eigenvalue weighted by molar-refractivity contribution is 6.30. The van der Waals surface area contributed by atoms with Crippen molar-refractivity contribution in [2.75, 3.05) is 7.11 Å². The first kappa shape index (κ1) is 21.8. The molecule has 0 unspecified atom stereocenters. The van der Waals surface area contributed by atoms with E-state index in [-0.39, 0.29) is 5.70 Å². The third kappa shape index (κ3) is 6.55. The van der Waals surface area contributed by atoms with E-state index in [1.807, 2.05) is 6.07 Å². The molecule has 0 saturated heterocycles. The summed E-state index contributed by atoms with van der Waals surface area (Å²) in [5, 5.41) is 7.17. The number of halogens is 1. The molecule has 0 fully saturated rings. The molecule has 3 rings (SSSR count).